The highest BCUT2D eigenvalue weighted by Gasteiger charge is 2.37. The molecule has 0 radical (unpaired) electrons. The first kappa shape index (κ1) is 9.40. The number of aromatic nitrogens is 2. The highest BCUT2D eigenvalue weighted by atomic mass is 16.1. The molecule has 1 heterocycles. The van der Waals surface area contributed by atoms with Gasteiger partial charge >= 0.3 is 0 Å². The Kier molecular flexibility index (Phi) is 2.15. The molecule has 76 valence electrons. The van der Waals surface area contributed by atoms with Crippen LogP contribution in [0.3, 0.4) is 0 Å². The summed E-state index contributed by atoms with van der Waals surface area (Å²) in [7, 11) is 0. The number of hydrogen-bond donors (Lipinski definition) is 2. The van der Waals surface area contributed by atoms with E-state index in [2.05, 4.69) is 9.97 Å². The van der Waals surface area contributed by atoms with Crippen molar-refractivity contribution in [2.45, 2.75) is 38.1 Å². The minimum atomic E-state index is -0.0262. The molecular formula is C10H15N3O. The summed E-state index contributed by atoms with van der Waals surface area (Å²) < 4.78 is 0. The van der Waals surface area contributed by atoms with Gasteiger partial charge in [-0.2, -0.15) is 0 Å². The smallest absolute Gasteiger partial charge is 0.254 e. The summed E-state index contributed by atoms with van der Waals surface area (Å²) in [5.74, 6) is 0.660. The maximum absolute atomic E-state index is 11.4. The van der Waals surface area contributed by atoms with E-state index < -0.39 is 0 Å². The summed E-state index contributed by atoms with van der Waals surface area (Å²) in [4.78, 5) is 18.2. The summed E-state index contributed by atoms with van der Waals surface area (Å²) in [6.07, 6.45) is 5.45. The standard InChI is InChI=1S/C10H15N3O/c1-7-12-6-8(9(14)13-7)2-3-10(11)4-5-10/h6H,2-5,11H2,1H3,(H,12,13,14). The maximum Gasteiger partial charge on any atom is 0.254 e. The van der Waals surface area contributed by atoms with Crippen LogP contribution in [0.4, 0.5) is 0 Å². The molecule has 1 fully saturated rings. The van der Waals surface area contributed by atoms with Crippen molar-refractivity contribution >= 4 is 0 Å². The van der Waals surface area contributed by atoms with Gasteiger partial charge in [0.2, 0.25) is 0 Å². The summed E-state index contributed by atoms with van der Waals surface area (Å²) in [6, 6.07) is 0. The predicted octanol–water partition coefficient (Wildman–Crippen LogP) is 0.502. The molecule has 14 heavy (non-hydrogen) atoms. The zero-order valence-electron chi connectivity index (χ0n) is 8.34. The van der Waals surface area contributed by atoms with Gasteiger partial charge in [0.1, 0.15) is 5.82 Å². The van der Waals surface area contributed by atoms with Crippen molar-refractivity contribution in [2.24, 2.45) is 5.73 Å². The molecule has 1 aromatic rings. The Morgan fingerprint density at radius 3 is 2.93 bits per heavy atom. The molecule has 1 aromatic heterocycles. The van der Waals surface area contributed by atoms with Gasteiger partial charge in [-0.1, -0.05) is 0 Å². The van der Waals surface area contributed by atoms with Crippen molar-refractivity contribution in [3.63, 3.8) is 0 Å². The normalized spacial score (nSPS) is 18.1. The molecule has 0 atom stereocenters. The van der Waals surface area contributed by atoms with Crippen LogP contribution in [0.1, 0.15) is 30.7 Å². The van der Waals surface area contributed by atoms with Crippen LogP contribution in [0.15, 0.2) is 11.0 Å². The molecule has 0 unspecified atom stereocenters. The Morgan fingerprint density at radius 1 is 1.64 bits per heavy atom. The SMILES string of the molecule is Cc1ncc(CCC2(N)CC2)c(=O)[nH]1. The third-order valence-electron chi connectivity index (χ3n) is 2.78. The number of nitrogens with one attached hydrogen (secondary N) is 1. The molecule has 0 aromatic carbocycles. The minimum absolute atomic E-state index is 0.0112. The lowest BCUT2D eigenvalue weighted by Crippen LogP contribution is -2.24. The first-order valence-electron chi connectivity index (χ1n) is 4.93. The lowest BCUT2D eigenvalue weighted by Gasteiger charge is -2.06. The summed E-state index contributed by atoms with van der Waals surface area (Å²) >= 11 is 0. The quantitative estimate of drug-likeness (QED) is 0.734. The number of H-pyrrole nitrogens is 1. The van der Waals surface area contributed by atoms with Crippen LogP contribution in [0, 0.1) is 6.92 Å². The molecule has 4 heteroatoms. The van der Waals surface area contributed by atoms with Gasteiger partial charge in [0.15, 0.2) is 0 Å². The molecule has 0 spiro atoms. The van der Waals surface area contributed by atoms with Crippen LogP contribution in [-0.2, 0) is 6.42 Å². The van der Waals surface area contributed by atoms with Crippen molar-refractivity contribution in [1.82, 2.24) is 9.97 Å². The number of nitrogens with zero attached hydrogens (tertiary/aromatic N) is 1. The van der Waals surface area contributed by atoms with E-state index in [4.69, 9.17) is 5.73 Å². The Balaban J connectivity index is 2.05. The third-order valence-corrected chi connectivity index (χ3v) is 2.78. The highest BCUT2D eigenvalue weighted by molar-refractivity contribution is 5.09. The van der Waals surface area contributed by atoms with Gasteiger partial charge in [0.25, 0.3) is 5.56 Å². The van der Waals surface area contributed by atoms with E-state index in [1.807, 2.05) is 0 Å². The Labute approximate surface area is 82.6 Å². The highest BCUT2D eigenvalue weighted by Crippen LogP contribution is 2.36. The molecule has 4 nitrogen and oxygen atoms in total. The molecule has 0 aliphatic heterocycles. The lowest BCUT2D eigenvalue weighted by atomic mass is 10.1. The summed E-state index contributed by atoms with van der Waals surface area (Å²) in [5.41, 5.74) is 6.67. The summed E-state index contributed by atoms with van der Waals surface area (Å²) in [5, 5.41) is 0. The van der Waals surface area contributed by atoms with Gasteiger partial charge in [-0.15, -0.1) is 0 Å². The van der Waals surface area contributed by atoms with E-state index in [1.165, 1.54) is 0 Å². The summed E-state index contributed by atoms with van der Waals surface area (Å²) in [6.45, 7) is 1.77. The van der Waals surface area contributed by atoms with Crippen molar-refractivity contribution < 1.29 is 0 Å². The predicted molar refractivity (Wildman–Crippen MR) is 54.1 cm³/mol. The first-order valence-corrected chi connectivity index (χ1v) is 4.93. The Bertz CT molecular complexity index is 393. The molecule has 3 N–H and O–H groups in total. The van der Waals surface area contributed by atoms with E-state index in [-0.39, 0.29) is 11.1 Å². The van der Waals surface area contributed by atoms with E-state index >= 15 is 0 Å². The molecule has 0 amide bonds. The van der Waals surface area contributed by atoms with Gasteiger partial charge in [-0.25, -0.2) is 4.98 Å². The molecule has 1 aliphatic carbocycles. The zero-order chi connectivity index (χ0) is 10.2. The van der Waals surface area contributed by atoms with E-state index in [0.717, 1.165) is 31.2 Å². The molecule has 2 rings (SSSR count). The van der Waals surface area contributed by atoms with Gasteiger partial charge in [-0.3, -0.25) is 4.79 Å². The van der Waals surface area contributed by atoms with Crippen LogP contribution in [0.5, 0.6) is 0 Å². The number of aromatic amines is 1. The zero-order valence-corrected chi connectivity index (χ0v) is 8.34. The second kappa shape index (κ2) is 3.20. The maximum atomic E-state index is 11.4. The minimum Gasteiger partial charge on any atom is -0.325 e. The average molecular weight is 193 g/mol. The van der Waals surface area contributed by atoms with Gasteiger partial charge in [0, 0.05) is 17.3 Å². The monoisotopic (exact) mass is 193 g/mol. The van der Waals surface area contributed by atoms with Crippen LogP contribution >= 0.6 is 0 Å². The van der Waals surface area contributed by atoms with E-state index in [0.29, 0.717) is 5.82 Å². The van der Waals surface area contributed by atoms with Crippen LogP contribution in [0.2, 0.25) is 0 Å². The lowest BCUT2D eigenvalue weighted by molar-refractivity contribution is 0.605. The number of hydrogen-bond acceptors (Lipinski definition) is 3. The van der Waals surface area contributed by atoms with Crippen molar-refractivity contribution in [3.8, 4) is 0 Å². The molecule has 0 bridgehead atoms. The van der Waals surface area contributed by atoms with Crippen molar-refractivity contribution in [2.75, 3.05) is 0 Å². The number of aryl methyl sites for hydroxylation is 2. The van der Waals surface area contributed by atoms with Crippen LogP contribution in [0.25, 0.3) is 0 Å². The fraction of sp³-hybridized carbons (Fsp3) is 0.600. The fourth-order valence-corrected chi connectivity index (χ4v) is 1.48. The number of rotatable bonds is 3. The first-order chi connectivity index (χ1) is 6.59. The molecule has 0 saturated heterocycles. The molecular weight excluding hydrogens is 178 g/mol. The topological polar surface area (TPSA) is 71.8 Å². The second-order valence-electron chi connectivity index (χ2n) is 4.19. The second-order valence-corrected chi connectivity index (χ2v) is 4.19. The van der Waals surface area contributed by atoms with Gasteiger partial charge in [0.05, 0.1) is 0 Å². The largest absolute Gasteiger partial charge is 0.325 e. The van der Waals surface area contributed by atoms with Crippen LogP contribution in [-0.4, -0.2) is 15.5 Å². The van der Waals surface area contributed by atoms with Gasteiger partial charge < -0.3 is 10.7 Å². The van der Waals surface area contributed by atoms with Gasteiger partial charge in [-0.05, 0) is 32.6 Å². The van der Waals surface area contributed by atoms with E-state index in [9.17, 15) is 4.79 Å². The van der Waals surface area contributed by atoms with E-state index in [1.54, 1.807) is 13.1 Å². The van der Waals surface area contributed by atoms with Crippen LogP contribution < -0.4 is 11.3 Å². The fourth-order valence-electron chi connectivity index (χ4n) is 1.48. The van der Waals surface area contributed by atoms with Crippen molar-refractivity contribution in [3.05, 3.63) is 27.9 Å². The molecule has 1 saturated carbocycles. The molecule has 1 aliphatic rings. The van der Waals surface area contributed by atoms with Crippen molar-refractivity contribution in [1.29, 1.82) is 0 Å². The number of nitrogens with two attached hydrogens (primary N) is 1. The Morgan fingerprint density at radius 2 is 2.36 bits per heavy atom. The Hall–Kier alpha value is -1.16. The average Bonchev–Trinajstić information content (AvgIpc) is 2.83. The third kappa shape index (κ3) is 2.01.